The lowest BCUT2D eigenvalue weighted by molar-refractivity contribution is 0.346. The van der Waals surface area contributed by atoms with Crippen molar-refractivity contribution < 1.29 is 0 Å². The van der Waals surface area contributed by atoms with Crippen molar-refractivity contribution in [2.75, 3.05) is 0 Å². The average molecular weight is 234 g/mol. The normalized spacial score (nSPS) is 12.2. The minimum absolute atomic E-state index is 0.234. The second-order valence-electron chi connectivity index (χ2n) is 5.60. The van der Waals surface area contributed by atoms with Gasteiger partial charge < -0.3 is 9.55 Å². The Balaban J connectivity index is 2.61. The molecule has 0 aliphatic carbocycles. The maximum Gasteiger partial charge on any atom is 0.178 e. The van der Waals surface area contributed by atoms with E-state index < -0.39 is 0 Å². The zero-order chi connectivity index (χ0) is 11.9. The van der Waals surface area contributed by atoms with Crippen molar-refractivity contribution >= 4 is 23.3 Å². The van der Waals surface area contributed by atoms with Crippen molar-refractivity contribution in [3.05, 3.63) is 28.5 Å². The summed E-state index contributed by atoms with van der Waals surface area (Å²) in [6, 6.07) is 6.41. The van der Waals surface area contributed by atoms with Crippen molar-refractivity contribution in [2.45, 2.75) is 34.2 Å². The van der Waals surface area contributed by atoms with Gasteiger partial charge in [-0.25, -0.2) is 0 Å². The number of imidazole rings is 1. The molecule has 0 saturated heterocycles. The van der Waals surface area contributed by atoms with Crippen LogP contribution < -0.4 is 0 Å². The Morgan fingerprint density at radius 2 is 2.00 bits per heavy atom. The van der Waals surface area contributed by atoms with Crippen LogP contribution in [0.25, 0.3) is 11.0 Å². The molecule has 1 aromatic heterocycles. The fourth-order valence-electron chi connectivity index (χ4n) is 1.91. The van der Waals surface area contributed by atoms with E-state index in [-0.39, 0.29) is 5.41 Å². The molecule has 86 valence electrons. The summed E-state index contributed by atoms with van der Waals surface area (Å²) in [7, 11) is 0. The highest BCUT2D eigenvalue weighted by Crippen LogP contribution is 2.22. The summed E-state index contributed by atoms with van der Waals surface area (Å²) in [5, 5.41) is 0. The predicted molar refractivity (Wildman–Crippen MR) is 71.3 cm³/mol. The van der Waals surface area contributed by atoms with Gasteiger partial charge in [0.15, 0.2) is 4.77 Å². The average Bonchev–Trinajstić information content (AvgIpc) is 2.40. The Labute approximate surface area is 101 Å². The quantitative estimate of drug-likeness (QED) is 0.738. The van der Waals surface area contributed by atoms with Crippen LogP contribution in [-0.4, -0.2) is 9.55 Å². The minimum Gasteiger partial charge on any atom is -0.331 e. The number of fused-ring (bicyclic) bond motifs is 1. The van der Waals surface area contributed by atoms with Crippen LogP contribution in [0.15, 0.2) is 18.2 Å². The van der Waals surface area contributed by atoms with E-state index in [0.717, 1.165) is 16.8 Å². The summed E-state index contributed by atoms with van der Waals surface area (Å²) in [5.74, 6) is 0. The first-order valence-electron chi connectivity index (χ1n) is 5.56. The monoisotopic (exact) mass is 234 g/mol. The van der Waals surface area contributed by atoms with Gasteiger partial charge in [0.1, 0.15) is 0 Å². The van der Waals surface area contributed by atoms with Crippen molar-refractivity contribution in [3.8, 4) is 0 Å². The van der Waals surface area contributed by atoms with Gasteiger partial charge in [-0.15, -0.1) is 0 Å². The number of rotatable bonds is 1. The zero-order valence-electron chi connectivity index (χ0n) is 10.3. The summed E-state index contributed by atoms with van der Waals surface area (Å²) in [5.41, 5.74) is 3.82. The number of aryl methyl sites for hydroxylation is 1. The molecule has 3 heteroatoms. The molecule has 0 aliphatic heterocycles. The van der Waals surface area contributed by atoms with Gasteiger partial charge in [-0.1, -0.05) is 26.8 Å². The molecule has 0 spiro atoms. The van der Waals surface area contributed by atoms with E-state index in [0.29, 0.717) is 0 Å². The maximum atomic E-state index is 5.37. The van der Waals surface area contributed by atoms with Gasteiger partial charge in [-0.3, -0.25) is 0 Å². The lowest BCUT2D eigenvalue weighted by Crippen LogP contribution is -2.15. The third-order valence-corrected chi connectivity index (χ3v) is 2.88. The molecule has 0 unspecified atom stereocenters. The standard InChI is InChI=1S/C13H18N2S/c1-9-5-6-11-10(7-9)14-12(16)15(11)8-13(2,3)4/h5-7H,8H2,1-4H3,(H,14,16). The first kappa shape index (κ1) is 11.4. The van der Waals surface area contributed by atoms with E-state index in [1.54, 1.807) is 0 Å². The Morgan fingerprint density at radius 3 is 2.62 bits per heavy atom. The Morgan fingerprint density at radius 1 is 1.31 bits per heavy atom. The molecule has 0 bridgehead atoms. The third-order valence-electron chi connectivity index (χ3n) is 2.56. The third kappa shape index (κ3) is 2.19. The molecule has 1 heterocycles. The molecular formula is C13H18N2S. The van der Waals surface area contributed by atoms with Crippen molar-refractivity contribution in [1.29, 1.82) is 0 Å². The fourth-order valence-corrected chi connectivity index (χ4v) is 2.18. The smallest absolute Gasteiger partial charge is 0.178 e. The highest BCUT2D eigenvalue weighted by Gasteiger charge is 2.14. The molecule has 2 rings (SSSR count). The number of aromatic amines is 1. The predicted octanol–water partition coefficient (Wildman–Crippen LogP) is 4.05. The van der Waals surface area contributed by atoms with Gasteiger partial charge in [0, 0.05) is 6.54 Å². The highest BCUT2D eigenvalue weighted by molar-refractivity contribution is 7.71. The lowest BCUT2D eigenvalue weighted by Gasteiger charge is -2.19. The van der Waals surface area contributed by atoms with Crippen LogP contribution in [0.5, 0.6) is 0 Å². The van der Waals surface area contributed by atoms with Crippen molar-refractivity contribution in [1.82, 2.24) is 9.55 Å². The van der Waals surface area contributed by atoms with Crippen LogP contribution in [0.1, 0.15) is 26.3 Å². The second-order valence-corrected chi connectivity index (χ2v) is 5.98. The maximum absolute atomic E-state index is 5.37. The topological polar surface area (TPSA) is 20.7 Å². The number of aromatic nitrogens is 2. The largest absolute Gasteiger partial charge is 0.331 e. The summed E-state index contributed by atoms with van der Waals surface area (Å²) >= 11 is 5.37. The van der Waals surface area contributed by atoms with Crippen LogP contribution in [0, 0.1) is 17.1 Å². The van der Waals surface area contributed by atoms with E-state index in [4.69, 9.17) is 12.2 Å². The van der Waals surface area contributed by atoms with Gasteiger partial charge in [0.2, 0.25) is 0 Å². The molecule has 16 heavy (non-hydrogen) atoms. The van der Waals surface area contributed by atoms with E-state index >= 15 is 0 Å². The first-order valence-corrected chi connectivity index (χ1v) is 5.97. The Bertz CT molecular complexity index is 570. The van der Waals surface area contributed by atoms with Crippen LogP contribution in [0.2, 0.25) is 0 Å². The van der Waals surface area contributed by atoms with Crippen molar-refractivity contribution in [2.24, 2.45) is 5.41 Å². The van der Waals surface area contributed by atoms with Crippen LogP contribution in [0.3, 0.4) is 0 Å². The number of hydrogen-bond acceptors (Lipinski definition) is 1. The van der Waals surface area contributed by atoms with E-state index in [9.17, 15) is 0 Å². The Hall–Kier alpha value is -1.09. The van der Waals surface area contributed by atoms with Crippen LogP contribution >= 0.6 is 12.2 Å². The summed E-state index contributed by atoms with van der Waals surface area (Å²) in [4.78, 5) is 3.27. The van der Waals surface area contributed by atoms with E-state index in [1.807, 2.05) is 0 Å². The van der Waals surface area contributed by atoms with Crippen LogP contribution in [-0.2, 0) is 6.54 Å². The highest BCUT2D eigenvalue weighted by atomic mass is 32.1. The number of nitrogens with zero attached hydrogens (tertiary/aromatic N) is 1. The van der Waals surface area contributed by atoms with Gasteiger partial charge >= 0.3 is 0 Å². The molecule has 0 amide bonds. The molecule has 1 N–H and O–H groups in total. The zero-order valence-corrected chi connectivity index (χ0v) is 11.1. The molecule has 0 saturated carbocycles. The number of benzene rings is 1. The lowest BCUT2D eigenvalue weighted by atomic mass is 9.97. The van der Waals surface area contributed by atoms with Gasteiger partial charge in [-0.05, 0) is 42.3 Å². The molecule has 0 radical (unpaired) electrons. The van der Waals surface area contributed by atoms with Gasteiger partial charge in [-0.2, -0.15) is 0 Å². The molecule has 0 atom stereocenters. The van der Waals surface area contributed by atoms with Gasteiger partial charge in [0.25, 0.3) is 0 Å². The molecule has 2 aromatic rings. The summed E-state index contributed by atoms with van der Waals surface area (Å²) in [6.45, 7) is 9.71. The molecular weight excluding hydrogens is 216 g/mol. The molecule has 2 nitrogen and oxygen atoms in total. The minimum atomic E-state index is 0.234. The van der Waals surface area contributed by atoms with Crippen molar-refractivity contribution in [3.63, 3.8) is 0 Å². The number of H-pyrrole nitrogens is 1. The fraction of sp³-hybridized carbons (Fsp3) is 0.462. The molecule has 0 fully saturated rings. The Kier molecular flexibility index (Phi) is 2.66. The van der Waals surface area contributed by atoms with E-state index in [2.05, 4.69) is 55.4 Å². The second kappa shape index (κ2) is 3.74. The van der Waals surface area contributed by atoms with Gasteiger partial charge in [0.05, 0.1) is 11.0 Å². The van der Waals surface area contributed by atoms with Crippen LogP contribution in [0.4, 0.5) is 0 Å². The van der Waals surface area contributed by atoms with E-state index in [1.165, 1.54) is 11.1 Å². The summed E-state index contributed by atoms with van der Waals surface area (Å²) < 4.78 is 3.00. The molecule has 0 aliphatic rings. The first-order chi connectivity index (χ1) is 7.37. The number of hydrogen-bond donors (Lipinski definition) is 1. The molecule has 1 aromatic carbocycles. The number of nitrogens with one attached hydrogen (secondary N) is 1. The summed E-state index contributed by atoms with van der Waals surface area (Å²) in [6.07, 6.45) is 0. The SMILES string of the molecule is Cc1ccc2c(c1)[nH]c(=S)n2CC(C)(C)C.